The number of anilines is 2. The Bertz CT molecular complexity index is 699. The fraction of sp³-hybridized carbons (Fsp3) is 0.278. The highest BCUT2D eigenvalue weighted by molar-refractivity contribution is 6.04. The molecule has 1 aromatic heterocycles. The van der Waals surface area contributed by atoms with E-state index in [0.717, 1.165) is 13.0 Å². The van der Waals surface area contributed by atoms with Gasteiger partial charge in [-0.1, -0.05) is 6.92 Å². The summed E-state index contributed by atoms with van der Waals surface area (Å²) in [6, 6.07) is 9.93. The zero-order chi connectivity index (χ0) is 17.4. The van der Waals surface area contributed by atoms with Crippen molar-refractivity contribution >= 4 is 23.4 Å². The molecule has 0 aliphatic heterocycles. The molecule has 0 aliphatic rings. The largest absolute Gasteiger partial charge is 0.462 e. The molecular formula is C18H21N3O3. The normalized spacial score (nSPS) is 10.1. The second kappa shape index (κ2) is 8.67. The van der Waals surface area contributed by atoms with Crippen LogP contribution in [0.25, 0.3) is 0 Å². The van der Waals surface area contributed by atoms with Crippen LogP contribution >= 0.6 is 0 Å². The van der Waals surface area contributed by atoms with E-state index in [9.17, 15) is 9.59 Å². The first-order valence-electron chi connectivity index (χ1n) is 7.92. The monoisotopic (exact) mass is 327 g/mol. The summed E-state index contributed by atoms with van der Waals surface area (Å²) in [5.41, 5.74) is 1.57. The number of carbonyl (C=O) groups excluding carboxylic acids is 2. The number of rotatable bonds is 7. The van der Waals surface area contributed by atoms with E-state index in [0.29, 0.717) is 29.2 Å². The molecule has 6 heteroatoms. The molecule has 0 saturated carbocycles. The molecule has 2 N–H and O–H groups in total. The number of carbonyl (C=O) groups is 2. The minimum Gasteiger partial charge on any atom is -0.462 e. The summed E-state index contributed by atoms with van der Waals surface area (Å²) in [6.07, 6.45) is 2.57. The molecule has 0 bridgehead atoms. The van der Waals surface area contributed by atoms with Crippen molar-refractivity contribution in [3.63, 3.8) is 0 Å². The highest BCUT2D eigenvalue weighted by Crippen LogP contribution is 2.13. The molecule has 6 nitrogen and oxygen atoms in total. The van der Waals surface area contributed by atoms with Gasteiger partial charge in [-0.3, -0.25) is 4.79 Å². The number of hydrogen-bond donors (Lipinski definition) is 2. The summed E-state index contributed by atoms with van der Waals surface area (Å²) in [7, 11) is 0. The van der Waals surface area contributed by atoms with E-state index in [1.54, 1.807) is 49.5 Å². The van der Waals surface area contributed by atoms with Crippen molar-refractivity contribution in [2.45, 2.75) is 20.3 Å². The number of pyridine rings is 1. The SMILES string of the molecule is CCCNc1cc(C(=O)Nc2ccc(C(=O)OCC)cc2)ccn1. The number of ether oxygens (including phenoxy) is 1. The van der Waals surface area contributed by atoms with Gasteiger partial charge in [0.1, 0.15) is 5.82 Å². The molecule has 1 amide bonds. The summed E-state index contributed by atoms with van der Waals surface area (Å²) in [6.45, 7) is 4.94. The summed E-state index contributed by atoms with van der Waals surface area (Å²) in [5.74, 6) is 0.0548. The quantitative estimate of drug-likeness (QED) is 0.762. The third kappa shape index (κ3) is 4.81. The third-order valence-electron chi connectivity index (χ3n) is 3.23. The van der Waals surface area contributed by atoms with Gasteiger partial charge in [-0.15, -0.1) is 0 Å². The smallest absolute Gasteiger partial charge is 0.338 e. The molecular weight excluding hydrogens is 306 g/mol. The molecule has 0 unspecified atom stereocenters. The number of nitrogens with one attached hydrogen (secondary N) is 2. The van der Waals surface area contributed by atoms with E-state index < -0.39 is 0 Å². The molecule has 24 heavy (non-hydrogen) atoms. The Morgan fingerprint density at radius 3 is 2.50 bits per heavy atom. The lowest BCUT2D eigenvalue weighted by molar-refractivity contribution is 0.0526. The van der Waals surface area contributed by atoms with Crippen molar-refractivity contribution in [2.24, 2.45) is 0 Å². The zero-order valence-corrected chi connectivity index (χ0v) is 13.8. The standard InChI is InChI=1S/C18H21N3O3/c1-3-10-19-16-12-14(9-11-20-16)17(22)21-15-7-5-13(6-8-15)18(23)24-4-2/h5-9,11-12H,3-4,10H2,1-2H3,(H,19,20)(H,21,22). The van der Waals surface area contributed by atoms with Crippen molar-refractivity contribution in [1.82, 2.24) is 4.98 Å². The molecule has 2 rings (SSSR count). The van der Waals surface area contributed by atoms with Gasteiger partial charge in [-0.25, -0.2) is 9.78 Å². The summed E-state index contributed by atoms with van der Waals surface area (Å²) < 4.78 is 4.92. The Hall–Kier alpha value is -2.89. The van der Waals surface area contributed by atoms with E-state index in [2.05, 4.69) is 22.5 Å². The van der Waals surface area contributed by atoms with Gasteiger partial charge < -0.3 is 15.4 Å². The number of esters is 1. The van der Waals surface area contributed by atoms with Crippen molar-refractivity contribution in [1.29, 1.82) is 0 Å². The van der Waals surface area contributed by atoms with Gasteiger partial charge in [0.15, 0.2) is 0 Å². The van der Waals surface area contributed by atoms with Crippen LogP contribution in [0.15, 0.2) is 42.6 Å². The van der Waals surface area contributed by atoms with Gasteiger partial charge in [0, 0.05) is 24.0 Å². The van der Waals surface area contributed by atoms with Crippen LogP contribution in [0.2, 0.25) is 0 Å². The van der Waals surface area contributed by atoms with Crippen LogP contribution in [-0.2, 0) is 4.74 Å². The van der Waals surface area contributed by atoms with Gasteiger partial charge >= 0.3 is 5.97 Å². The molecule has 0 saturated heterocycles. The Morgan fingerprint density at radius 1 is 1.08 bits per heavy atom. The van der Waals surface area contributed by atoms with E-state index in [1.165, 1.54) is 0 Å². The third-order valence-corrected chi connectivity index (χ3v) is 3.23. The molecule has 1 heterocycles. The second-order valence-corrected chi connectivity index (χ2v) is 5.11. The van der Waals surface area contributed by atoms with Gasteiger partial charge in [-0.2, -0.15) is 0 Å². The highest BCUT2D eigenvalue weighted by atomic mass is 16.5. The van der Waals surface area contributed by atoms with Crippen LogP contribution in [0.1, 0.15) is 41.0 Å². The van der Waals surface area contributed by atoms with Crippen molar-refractivity contribution < 1.29 is 14.3 Å². The Kier molecular flexibility index (Phi) is 6.31. The first-order chi connectivity index (χ1) is 11.6. The number of aromatic nitrogens is 1. The molecule has 0 spiro atoms. The van der Waals surface area contributed by atoms with Gasteiger partial charge in [0.25, 0.3) is 5.91 Å². The van der Waals surface area contributed by atoms with Crippen LogP contribution in [0.3, 0.4) is 0 Å². The average Bonchev–Trinajstić information content (AvgIpc) is 2.61. The topological polar surface area (TPSA) is 80.3 Å². The minimum absolute atomic E-state index is 0.235. The van der Waals surface area contributed by atoms with Crippen LogP contribution in [0, 0.1) is 0 Å². The molecule has 0 radical (unpaired) electrons. The van der Waals surface area contributed by atoms with Gasteiger partial charge in [-0.05, 0) is 49.7 Å². The fourth-order valence-electron chi connectivity index (χ4n) is 2.03. The minimum atomic E-state index is -0.379. The number of hydrogen-bond acceptors (Lipinski definition) is 5. The van der Waals surface area contributed by atoms with Gasteiger partial charge in [0.05, 0.1) is 12.2 Å². The fourth-order valence-corrected chi connectivity index (χ4v) is 2.03. The lowest BCUT2D eigenvalue weighted by Crippen LogP contribution is -2.13. The molecule has 0 atom stereocenters. The second-order valence-electron chi connectivity index (χ2n) is 5.11. The number of amides is 1. The van der Waals surface area contributed by atoms with E-state index in [1.807, 2.05) is 0 Å². The van der Waals surface area contributed by atoms with Crippen LogP contribution in [0.5, 0.6) is 0 Å². The molecule has 0 fully saturated rings. The molecule has 2 aromatic rings. The predicted molar refractivity (Wildman–Crippen MR) is 93.4 cm³/mol. The van der Waals surface area contributed by atoms with E-state index in [-0.39, 0.29) is 11.9 Å². The van der Waals surface area contributed by atoms with Crippen molar-refractivity contribution in [3.05, 3.63) is 53.7 Å². The van der Waals surface area contributed by atoms with Crippen LogP contribution in [-0.4, -0.2) is 30.0 Å². The Balaban J connectivity index is 2.02. The maximum atomic E-state index is 12.3. The van der Waals surface area contributed by atoms with Crippen LogP contribution in [0.4, 0.5) is 11.5 Å². The maximum absolute atomic E-state index is 12.3. The zero-order valence-electron chi connectivity index (χ0n) is 13.8. The number of nitrogens with zero attached hydrogens (tertiary/aromatic N) is 1. The van der Waals surface area contributed by atoms with E-state index >= 15 is 0 Å². The summed E-state index contributed by atoms with van der Waals surface area (Å²) >= 11 is 0. The Labute approximate surface area is 141 Å². The van der Waals surface area contributed by atoms with Crippen molar-refractivity contribution in [2.75, 3.05) is 23.8 Å². The molecule has 0 aliphatic carbocycles. The lowest BCUT2D eigenvalue weighted by Gasteiger charge is -2.08. The first-order valence-corrected chi connectivity index (χ1v) is 7.92. The lowest BCUT2D eigenvalue weighted by atomic mass is 10.2. The number of benzene rings is 1. The molecule has 126 valence electrons. The van der Waals surface area contributed by atoms with Gasteiger partial charge in [0.2, 0.25) is 0 Å². The summed E-state index contributed by atoms with van der Waals surface area (Å²) in [4.78, 5) is 28.1. The Morgan fingerprint density at radius 2 is 1.83 bits per heavy atom. The highest BCUT2D eigenvalue weighted by Gasteiger charge is 2.09. The molecule has 1 aromatic carbocycles. The van der Waals surface area contributed by atoms with Crippen molar-refractivity contribution in [3.8, 4) is 0 Å². The first kappa shape index (κ1) is 17.5. The predicted octanol–water partition coefficient (Wildman–Crippen LogP) is 3.33. The van der Waals surface area contributed by atoms with Crippen LogP contribution < -0.4 is 10.6 Å². The summed E-state index contributed by atoms with van der Waals surface area (Å²) in [5, 5.41) is 5.94. The average molecular weight is 327 g/mol. The maximum Gasteiger partial charge on any atom is 0.338 e. The van der Waals surface area contributed by atoms with E-state index in [4.69, 9.17) is 4.74 Å².